The van der Waals surface area contributed by atoms with Crippen molar-refractivity contribution in [2.45, 2.75) is 6.92 Å². The number of Topliss-reactive ketones (excluding diaryl/α,β-unsaturated/α-hetero) is 1. The summed E-state index contributed by atoms with van der Waals surface area (Å²) < 4.78 is 0. The third-order valence-electron chi connectivity index (χ3n) is 1.57. The molecule has 0 radical (unpaired) electrons. The van der Waals surface area contributed by atoms with E-state index < -0.39 is 5.97 Å². The molecule has 0 aromatic carbocycles. The van der Waals surface area contributed by atoms with Crippen LogP contribution in [-0.4, -0.2) is 21.8 Å². The Hall–Kier alpha value is -1.91. The Labute approximate surface area is 74.2 Å². The molecule has 1 aromatic rings. The van der Waals surface area contributed by atoms with Crippen LogP contribution < -0.4 is 5.73 Å². The molecule has 0 fully saturated rings. The minimum absolute atomic E-state index is 0.0810. The highest BCUT2D eigenvalue weighted by Crippen LogP contribution is 2.15. The van der Waals surface area contributed by atoms with E-state index in [4.69, 9.17) is 10.8 Å². The van der Waals surface area contributed by atoms with Crippen molar-refractivity contribution in [1.82, 2.24) is 4.98 Å². The first-order valence-corrected chi connectivity index (χ1v) is 3.52. The molecule has 1 rings (SSSR count). The molecular weight excluding hydrogens is 172 g/mol. The molecule has 0 aliphatic heterocycles. The quantitative estimate of drug-likeness (QED) is 0.648. The van der Waals surface area contributed by atoms with Crippen molar-refractivity contribution >= 4 is 17.4 Å². The molecule has 0 spiro atoms. The van der Waals surface area contributed by atoms with Crippen molar-refractivity contribution in [1.29, 1.82) is 0 Å². The van der Waals surface area contributed by atoms with Gasteiger partial charge in [-0.25, -0.2) is 9.78 Å². The van der Waals surface area contributed by atoms with Crippen LogP contribution in [0.15, 0.2) is 12.3 Å². The van der Waals surface area contributed by atoms with Crippen molar-refractivity contribution in [3.05, 3.63) is 23.5 Å². The number of nitrogens with two attached hydrogens (primary N) is 1. The van der Waals surface area contributed by atoms with Crippen LogP contribution in [0.4, 0.5) is 5.69 Å². The van der Waals surface area contributed by atoms with E-state index in [-0.39, 0.29) is 22.7 Å². The molecule has 5 nitrogen and oxygen atoms in total. The first-order chi connectivity index (χ1) is 6.04. The topological polar surface area (TPSA) is 93.3 Å². The molecule has 0 unspecified atom stereocenters. The summed E-state index contributed by atoms with van der Waals surface area (Å²) in [7, 11) is 0. The summed E-state index contributed by atoms with van der Waals surface area (Å²) in [6.07, 6.45) is 1.25. The third-order valence-corrected chi connectivity index (χ3v) is 1.57. The highest BCUT2D eigenvalue weighted by molar-refractivity contribution is 6.03. The maximum Gasteiger partial charge on any atom is 0.356 e. The van der Waals surface area contributed by atoms with Gasteiger partial charge in [0.1, 0.15) is 0 Å². The fraction of sp³-hybridized carbons (Fsp3) is 0.125. The van der Waals surface area contributed by atoms with E-state index in [0.29, 0.717) is 0 Å². The molecule has 0 saturated heterocycles. The second-order valence-corrected chi connectivity index (χ2v) is 2.48. The zero-order chi connectivity index (χ0) is 10.0. The van der Waals surface area contributed by atoms with Gasteiger partial charge in [0.15, 0.2) is 11.5 Å². The summed E-state index contributed by atoms with van der Waals surface area (Å²) in [5, 5.41) is 8.62. The molecule has 1 heterocycles. The fourth-order valence-corrected chi connectivity index (χ4v) is 0.951. The average Bonchev–Trinajstić information content (AvgIpc) is 2.03. The minimum Gasteiger partial charge on any atom is -0.476 e. The van der Waals surface area contributed by atoms with Gasteiger partial charge in [-0.3, -0.25) is 4.79 Å². The highest BCUT2D eigenvalue weighted by atomic mass is 16.4. The molecule has 0 aliphatic rings. The van der Waals surface area contributed by atoms with Gasteiger partial charge < -0.3 is 10.8 Å². The SMILES string of the molecule is CC(=O)c1ccnc(C(=O)O)c1N. The Kier molecular flexibility index (Phi) is 2.27. The van der Waals surface area contributed by atoms with E-state index in [0.717, 1.165) is 0 Å². The normalized spacial score (nSPS) is 9.62. The number of anilines is 1. The van der Waals surface area contributed by atoms with Crippen LogP contribution in [0.5, 0.6) is 0 Å². The predicted molar refractivity (Wildman–Crippen MR) is 45.6 cm³/mol. The van der Waals surface area contributed by atoms with Gasteiger partial charge in [0.2, 0.25) is 0 Å². The van der Waals surface area contributed by atoms with Gasteiger partial charge in [0.05, 0.1) is 5.69 Å². The van der Waals surface area contributed by atoms with Crippen molar-refractivity contribution < 1.29 is 14.7 Å². The molecule has 0 bridgehead atoms. The molecule has 0 aliphatic carbocycles. The van der Waals surface area contributed by atoms with E-state index in [9.17, 15) is 9.59 Å². The van der Waals surface area contributed by atoms with Gasteiger partial charge in [-0.05, 0) is 13.0 Å². The Morgan fingerprint density at radius 1 is 1.54 bits per heavy atom. The number of nitrogens with zero attached hydrogens (tertiary/aromatic N) is 1. The van der Waals surface area contributed by atoms with Crippen LogP contribution in [-0.2, 0) is 0 Å². The molecule has 1 aromatic heterocycles. The van der Waals surface area contributed by atoms with E-state index in [1.165, 1.54) is 19.2 Å². The van der Waals surface area contributed by atoms with E-state index in [1.54, 1.807) is 0 Å². The maximum atomic E-state index is 10.9. The molecule has 3 N–H and O–H groups in total. The number of ketones is 1. The zero-order valence-electron chi connectivity index (χ0n) is 6.94. The number of carbonyl (C=O) groups excluding carboxylic acids is 1. The highest BCUT2D eigenvalue weighted by Gasteiger charge is 2.14. The van der Waals surface area contributed by atoms with Gasteiger partial charge >= 0.3 is 5.97 Å². The average molecular weight is 180 g/mol. The number of nitrogen functional groups attached to an aromatic ring is 1. The van der Waals surface area contributed by atoms with Crippen molar-refractivity contribution in [3.63, 3.8) is 0 Å². The molecule has 0 saturated carbocycles. The Bertz CT molecular complexity index is 341. The smallest absolute Gasteiger partial charge is 0.356 e. The van der Waals surface area contributed by atoms with Crippen LogP contribution in [0.1, 0.15) is 27.8 Å². The van der Waals surface area contributed by atoms with Gasteiger partial charge in [0.25, 0.3) is 0 Å². The molecule has 0 atom stereocenters. The van der Waals surface area contributed by atoms with Gasteiger partial charge in [-0.15, -0.1) is 0 Å². The van der Waals surface area contributed by atoms with Crippen LogP contribution in [0.2, 0.25) is 0 Å². The molecule has 5 heteroatoms. The second kappa shape index (κ2) is 3.22. The summed E-state index contributed by atoms with van der Waals surface area (Å²) in [4.78, 5) is 25.0. The number of rotatable bonds is 2. The molecular formula is C8H8N2O3. The number of pyridine rings is 1. The minimum atomic E-state index is -1.24. The van der Waals surface area contributed by atoms with Crippen molar-refractivity contribution in [3.8, 4) is 0 Å². The van der Waals surface area contributed by atoms with Gasteiger partial charge in [-0.1, -0.05) is 0 Å². The summed E-state index contributed by atoms with van der Waals surface area (Å²) in [6.45, 7) is 1.32. The Balaban J connectivity index is 3.35. The lowest BCUT2D eigenvalue weighted by atomic mass is 10.1. The zero-order valence-corrected chi connectivity index (χ0v) is 6.94. The number of carbonyl (C=O) groups is 2. The van der Waals surface area contributed by atoms with Crippen molar-refractivity contribution in [2.75, 3.05) is 5.73 Å². The molecule has 0 amide bonds. The lowest BCUT2D eigenvalue weighted by Gasteiger charge is -2.03. The number of aromatic nitrogens is 1. The Morgan fingerprint density at radius 3 is 2.62 bits per heavy atom. The number of carboxylic acid groups (broad SMARTS) is 1. The summed E-state index contributed by atoms with van der Waals surface area (Å²) >= 11 is 0. The summed E-state index contributed by atoms with van der Waals surface area (Å²) in [5.74, 6) is -1.51. The third kappa shape index (κ3) is 1.64. The lowest BCUT2D eigenvalue weighted by Crippen LogP contribution is -2.09. The number of aromatic carboxylic acids is 1. The fourth-order valence-electron chi connectivity index (χ4n) is 0.951. The number of hydrogen-bond acceptors (Lipinski definition) is 4. The summed E-state index contributed by atoms with van der Waals surface area (Å²) in [6, 6.07) is 1.39. The second-order valence-electron chi connectivity index (χ2n) is 2.48. The standard InChI is InChI=1S/C8H8N2O3/c1-4(11)5-2-3-10-7(6(5)9)8(12)13/h2-3H,9H2,1H3,(H,12,13). The molecule has 68 valence electrons. The largest absolute Gasteiger partial charge is 0.476 e. The van der Waals surface area contributed by atoms with Gasteiger partial charge in [0, 0.05) is 11.8 Å². The first kappa shape index (κ1) is 9.18. The van der Waals surface area contributed by atoms with E-state index >= 15 is 0 Å². The number of carboxylic acids is 1. The van der Waals surface area contributed by atoms with E-state index in [1.807, 2.05) is 0 Å². The van der Waals surface area contributed by atoms with E-state index in [2.05, 4.69) is 4.98 Å². The van der Waals surface area contributed by atoms with Crippen molar-refractivity contribution in [2.24, 2.45) is 0 Å². The lowest BCUT2D eigenvalue weighted by molar-refractivity contribution is 0.0692. The molecule has 13 heavy (non-hydrogen) atoms. The van der Waals surface area contributed by atoms with Crippen LogP contribution >= 0.6 is 0 Å². The maximum absolute atomic E-state index is 10.9. The van der Waals surface area contributed by atoms with Crippen LogP contribution in [0.3, 0.4) is 0 Å². The van der Waals surface area contributed by atoms with Crippen LogP contribution in [0, 0.1) is 0 Å². The van der Waals surface area contributed by atoms with Gasteiger partial charge in [-0.2, -0.15) is 0 Å². The monoisotopic (exact) mass is 180 g/mol. The number of hydrogen-bond donors (Lipinski definition) is 2. The Morgan fingerprint density at radius 2 is 2.15 bits per heavy atom. The first-order valence-electron chi connectivity index (χ1n) is 3.52. The van der Waals surface area contributed by atoms with Crippen LogP contribution in [0.25, 0.3) is 0 Å². The predicted octanol–water partition coefficient (Wildman–Crippen LogP) is 0.565. The summed E-state index contributed by atoms with van der Waals surface area (Å²) in [5.41, 5.74) is 5.24.